The first-order valence-corrected chi connectivity index (χ1v) is 7.93. The highest BCUT2D eigenvalue weighted by atomic mass is 35.5. The number of halogens is 2. The number of hydrogen-bond acceptors (Lipinski definition) is 2. The standard InChI is InChI=1S/C17H27FN2.ClH/c1-3-4-5-6-17(20-11-9-19-10-12-20)15-8-7-14(2)16(18)13-15;/h7-8,13,17,19H,3-6,9-12H2,1-2H3;1H/t17-;/m0./s1. The van der Waals surface area contributed by atoms with Crippen molar-refractivity contribution in [3.05, 3.63) is 35.1 Å². The van der Waals surface area contributed by atoms with E-state index in [9.17, 15) is 4.39 Å². The van der Waals surface area contributed by atoms with Crippen LogP contribution in [-0.4, -0.2) is 31.1 Å². The predicted molar refractivity (Wildman–Crippen MR) is 89.7 cm³/mol. The topological polar surface area (TPSA) is 15.3 Å². The molecule has 0 radical (unpaired) electrons. The third-order valence-electron chi connectivity index (χ3n) is 4.25. The van der Waals surface area contributed by atoms with Crippen LogP contribution >= 0.6 is 12.4 Å². The van der Waals surface area contributed by atoms with Gasteiger partial charge in [-0.25, -0.2) is 4.39 Å². The second kappa shape index (κ2) is 9.39. The summed E-state index contributed by atoms with van der Waals surface area (Å²) in [5.41, 5.74) is 1.88. The number of rotatable bonds is 6. The lowest BCUT2D eigenvalue weighted by molar-refractivity contribution is 0.162. The number of piperazine rings is 1. The molecule has 120 valence electrons. The SMILES string of the molecule is CCCCC[C@@H](c1ccc(C)c(F)c1)N1CCNCC1.Cl. The molecule has 0 bridgehead atoms. The molecule has 0 spiro atoms. The first-order valence-electron chi connectivity index (χ1n) is 7.93. The second-order valence-electron chi connectivity index (χ2n) is 5.81. The van der Waals surface area contributed by atoms with Crippen LogP contribution in [-0.2, 0) is 0 Å². The molecule has 0 aliphatic carbocycles. The summed E-state index contributed by atoms with van der Waals surface area (Å²) in [5, 5.41) is 3.39. The fourth-order valence-corrected chi connectivity index (χ4v) is 2.96. The van der Waals surface area contributed by atoms with Gasteiger partial charge >= 0.3 is 0 Å². The number of benzene rings is 1. The molecule has 21 heavy (non-hydrogen) atoms. The largest absolute Gasteiger partial charge is 0.314 e. The normalized spacial score (nSPS) is 17.3. The molecule has 1 aromatic carbocycles. The molecule has 1 heterocycles. The van der Waals surface area contributed by atoms with Gasteiger partial charge in [-0.15, -0.1) is 12.4 Å². The highest BCUT2D eigenvalue weighted by Crippen LogP contribution is 2.28. The average molecular weight is 315 g/mol. The van der Waals surface area contributed by atoms with Crippen molar-refractivity contribution in [1.29, 1.82) is 0 Å². The summed E-state index contributed by atoms with van der Waals surface area (Å²) in [5.74, 6) is -0.0712. The molecule has 2 rings (SSSR count). The molecule has 1 fully saturated rings. The van der Waals surface area contributed by atoms with E-state index in [0.29, 0.717) is 6.04 Å². The summed E-state index contributed by atoms with van der Waals surface area (Å²) < 4.78 is 13.9. The minimum absolute atomic E-state index is 0. The van der Waals surface area contributed by atoms with Crippen LogP contribution in [0.5, 0.6) is 0 Å². The molecular formula is C17H28ClFN2. The number of unbranched alkanes of at least 4 members (excludes halogenated alkanes) is 2. The average Bonchev–Trinajstić information content (AvgIpc) is 2.48. The van der Waals surface area contributed by atoms with Crippen molar-refractivity contribution in [2.75, 3.05) is 26.2 Å². The second-order valence-corrected chi connectivity index (χ2v) is 5.81. The van der Waals surface area contributed by atoms with E-state index in [2.05, 4.69) is 23.2 Å². The van der Waals surface area contributed by atoms with E-state index in [1.54, 1.807) is 6.07 Å². The van der Waals surface area contributed by atoms with Crippen LogP contribution in [0.15, 0.2) is 18.2 Å². The third kappa shape index (κ3) is 5.24. The van der Waals surface area contributed by atoms with E-state index in [1.807, 2.05) is 13.0 Å². The molecule has 0 amide bonds. The van der Waals surface area contributed by atoms with Crippen LogP contribution in [0.3, 0.4) is 0 Å². The van der Waals surface area contributed by atoms with Gasteiger partial charge in [0.25, 0.3) is 0 Å². The van der Waals surface area contributed by atoms with Crippen molar-refractivity contribution in [2.24, 2.45) is 0 Å². The van der Waals surface area contributed by atoms with Gasteiger partial charge < -0.3 is 5.32 Å². The first-order chi connectivity index (χ1) is 9.72. The van der Waals surface area contributed by atoms with Gasteiger partial charge in [-0.05, 0) is 30.5 Å². The number of hydrogen-bond donors (Lipinski definition) is 1. The molecule has 0 unspecified atom stereocenters. The predicted octanol–water partition coefficient (Wildman–Crippen LogP) is 4.08. The van der Waals surface area contributed by atoms with Crippen molar-refractivity contribution in [1.82, 2.24) is 10.2 Å². The lowest BCUT2D eigenvalue weighted by Gasteiger charge is -2.35. The van der Waals surface area contributed by atoms with Crippen molar-refractivity contribution in [2.45, 2.75) is 45.6 Å². The lowest BCUT2D eigenvalue weighted by Crippen LogP contribution is -2.45. The van der Waals surface area contributed by atoms with Gasteiger partial charge in [-0.3, -0.25) is 4.90 Å². The van der Waals surface area contributed by atoms with Crippen molar-refractivity contribution >= 4 is 12.4 Å². The molecule has 2 nitrogen and oxygen atoms in total. The Morgan fingerprint density at radius 1 is 1.24 bits per heavy atom. The number of aryl methyl sites for hydroxylation is 1. The minimum Gasteiger partial charge on any atom is -0.314 e. The molecule has 1 aliphatic heterocycles. The fraction of sp³-hybridized carbons (Fsp3) is 0.647. The van der Waals surface area contributed by atoms with E-state index in [1.165, 1.54) is 19.3 Å². The van der Waals surface area contributed by atoms with Crippen LogP contribution in [0.4, 0.5) is 4.39 Å². The highest BCUT2D eigenvalue weighted by Gasteiger charge is 2.22. The Labute approximate surface area is 134 Å². The zero-order chi connectivity index (χ0) is 14.4. The third-order valence-corrected chi connectivity index (χ3v) is 4.25. The lowest BCUT2D eigenvalue weighted by atomic mass is 9.97. The molecule has 1 aliphatic rings. The van der Waals surface area contributed by atoms with Crippen LogP contribution in [0.25, 0.3) is 0 Å². The Morgan fingerprint density at radius 2 is 1.95 bits per heavy atom. The summed E-state index contributed by atoms with van der Waals surface area (Å²) >= 11 is 0. The summed E-state index contributed by atoms with van der Waals surface area (Å²) in [7, 11) is 0. The molecule has 4 heteroatoms. The fourth-order valence-electron chi connectivity index (χ4n) is 2.96. The van der Waals surface area contributed by atoms with Gasteiger partial charge in [-0.1, -0.05) is 38.3 Å². The maximum absolute atomic E-state index is 13.9. The van der Waals surface area contributed by atoms with Crippen molar-refractivity contribution in [3.8, 4) is 0 Å². The maximum atomic E-state index is 13.9. The smallest absolute Gasteiger partial charge is 0.126 e. The molecule has 0 aromatic heterocycles. The first kappa shape index (κ1) is 18.4. The Kier molecular flexibility index (Phi) is 8.23. The Morgan fingerprint density at radius 3 is 2.57 bits per heavy atom. The maximum Gasteiger partial charge on any atom is 0.126 e. The van der Waals surface area contributed by atoms with E-state index in [4.69, 9.17) is 0 Å². The zero-order valence-corrected chi connectivity index (χ0v) is 14.0. The Bertz CT molecular complexity index is 419. The van der Waals surface area contributed by atoms with Gasteiger partial charge in [0.05, 0.1) is 0 Å². The zero-order valence-electron chi connectivity index (χ0n) is 13.2. The number of nitrogens with zero attached hydrogens (tertiary/aromatic N) is 1. The Hall–Kier alpha value is -0.640. The van der Waals surface area contributed by atoms with E-state index >= 15 is 0 Å². The van der Waals surface area contributed by atoms with Gasteiger partial charge in [0.1, 0.15) is 5.82 Å². The quantitative estimate of drug-likeness (QED) is 0.796. The molecule has 1 atom stereocenters. The minimum atomic E-state index is -0.0712. The number of nitrogens with one attached hydrogen (secondary N) is 1. The summed E-state index contributed by atoms with van der Waals surface area (Å²) in [6.45, 7) is 8.26. The summed E-state index contributed by atoms with van der Waals surface area (Å²) in [6.07, 6.45) is 4.85. The van der Waals surface area contributed by atoms with Gasteiger partial charge in [0, 0.05) is 32.2 Å². The summed E-state index contributed by atoms with van der Waals surface area (Å²) in [4.78, 5) is 2.51. The van der Waals surface area contributed by atoms with Gasteiger partial charge in [-0.2, -0.15) is 0 Å². The van der Waals surface area contributed by atoms with E-state index in [-0.39, 0.29) is 18.2 Å². The van der Waals surface area contributed by atoms with E-state index in [0.717, 1.165) is 43.7 Å². The molecule has 1 N–H and O–H groups in total. The van der Waals surface area contributed by atoms with Crippen molar-refractivity contribution < 1.29 is 4.39 Å². The monoisotopic (exact) mass is 314 g/mol. The van der Waals surface area contributed by atoms with Crippen LogP contribution < -0.4 is 5.32 Å². The van der Waals surface area contributed by atoms with Crippen molar-refractivity contribution in [3.63, 3.8) is 0 Å². The Balaban J connectivity index is 0.00000220. The van der Waals surface area contributed by atoms with Crippen LogP contribution in [0, 0.1) is 12.7 Å². The van der Waals surface area contributed by atoms with Gasteiger partial charge in [0.2, 0.25) is 0 Å². The molecule has 1 saturated heterocycles. The highest BCUT2D eigenvalue weighted by molar-refractivity contribution is 5.85. The van der Waals surface area contributed by atoms with Gasteiger partial charge in [0.15, 0.2) is 0 Å². The van der Waals surface area contributed by atoms with Crippen LogP contribution in [0.2, 0.25) is 0 Å². The van der Waals surface area contributed by atoms with E-state index < -0.39 is 0 Å². The molecular weight excluding hydrogens is 287 g/mol. The molecule has 1 aromatic rings. The summed E-state index contributed by atoms with van der Waals surface area (Å²) in [6, 6.07) is 6.14. The van der Waals surface area contributed by atoms with Crippen LogP contribution in [0.1, 0.15) is 49.8 Å². The molecule has 0 saturated carbocycles.